The molecule has 0 bridgehead atoms. The highest BCUT2D eigenvalue weighted by atomic mass is 16.3. The van der Waals surface area contributed by atoms with Gasteiger partial charge in [-0.05, 0) is 43.2 Å². The molecule has 2 rings (SSSR count). The predicted molar refractivity (Wildman–Crippen MR) is 76.6 cm³/mol. The molecule has 0 radical (unpaired) electrons. The van der Waals surface area contributed by atoms with Gasteiger partial charge in [-0.25, -0.2) is 0 Å². The Bertz CT molecular complexity index is 393. The van der Waals surface area contributed by atoms with Crippen molar-refractivity contribution < 1.29 is 5.11 Å². The van der Waals surface area contributed by atoms with Crippen molar-refractivity contribution in [2.45, 2.75) is 57.5 Å². The van der Waals surface area contributed by atoms with Gasteiger partial charge in [0.1, 0.15) is 0 Å². The lowest BCUT2D eigenvalue weighted by atomic mass is 9.82. The summed E-state index contributed by atoms with van der Waals surface area (Å²) in [4.78, 5) is 0. The quantitative estimate of drug-likeness (QED) is 0.785. The highest BCUT2D eigenvalue weighted by Gasteiger charge is 2.29. The van der Waals surface area contributed by atoms with Gasteiger partial charge in [-0.1, -0.05) is 49.8 Å². The minimum Gasteiger partial charge on any atom is -0.385 e. The van der Waals surface area contributed by atoms with Crippen molar-refractivity contribution in [1.29, 1.82) is 0 Å². The van der Waals surface area contributed by atoms with Gasteiger partial charge in [0.05, 0.1) is 5.60 Å². The maximum atomic E-state index is 11.0. The summed E-state index contributed by atoms with van der Waals surface area (Å²) in [6.45, 7) is 2.09. The van der Waals surface area contributed by atoms with Crippen LogP contribution in [0.15, 0.2) is 42.0 Å². The largest absolute Gasteiger partial charge is 0.385 e. The number of aliphatic hydroxyl groups is 1. The lowest BCUT2D eigenvalue weighted by Crippen LogP contribution is -2.33. The molecule has 0 spiro atoms. The molecule has 1 unspecified atom stereocenters. The van der Waals surface area contributed by atoms with Crippen LogP contribution in [0, 0.1) is 0 Å². The maximum Gasteiger partial charge on any atom is 0.0894 e. The number of hydrogen-bond donors (Lipinski definition) is 1. The van der Waals surface area contributed by atoms with Gasteiger partial charge in [0, 0.05) is 6.42 Å². The zero-order valence-electron chi connectivity index (χ0n) is 11.4. The summed E-state index contributed by atoms with van der Waals surface area (Å²) in [6.07, 6.45) is 9.83. The molecule has 1 nitrogen and oxygen atoms in total. The molecule has 0 amide bonds. The summed E-state index contributed by atoms with van der Waals surface area (Å²) in [7, 11) is 0. The topological polar surface area (TPSA) is 20.2 Å². The molecule has 1 heteroatoms. The van der Waals surface area contributed by atoms with Crippen LogP contribution in [0.1, 0.15) is 51.0 Å². The third-order valence-electron chi connectivity index (χ3n) is 4.06. The molecule has 1 aliphatic rings. The first-order valence-electron chi connectivity index (χ1n) is 7.20. The van der Waals surface area contributed by atoms with Crippen LogP contribution in [0.25, 0.3) is 0 Å². The van der Waals surface area contributed by atoms with E-state index < -0.39 is 5.60 Å². The van der Waals surface area contributed by atoms with E-state index in [9.17, 15) is 5.11 Å². The molecule has 0 saturated carbocycles. The first-order valence-corrected chi connectivity index (χ1v) is 7.20. The molecule has 0 aliphatic heterocycles. The summed E-state index contributed by atoms with van der Waals surface area (Å²) in [5.74, 6) is 0. The van der Waals surface area contributed by atoms with Gasteiger partial charge in [-0.3, -0.25) is 0 Å². The first-order chi connectivity index (χ1) is 8.74. The Kier molecular flexibility index (Phi) is 4.60. The molecule has 1 N–H and O–H groups in total. The molecular weight excluding hydrogens is 220 g/mol. The smallest absolute Gasteiger partial charge is 0.0894 e. The highest BCUT2D eigenvalue weighted by Crippen LogP contribution is 2.32. The Morgan fingerprint density at radius 3 is 2.61 bits per heavy atom. The normalized spacial score (nSPS) is 19.8. The lowest BCUT2D eigenvalue weighted by Gasteiger charge is -2.30. The van der Waals surface area contributed by atoms with Gasteiger partial charge >= 0.3 is 0 Å². The van der Waals surface area contributed by atoms with E-state index in [2.05, 4.69) is 25.1 Å². The number of rotatable bonds is 4. The Balaban J connectivity index is 2.16. The van der Waals surface area contributed by atoms with Gasteiger partial charge in [0.25, 0.3) is 0 Å². The zero-order chi connectivity index (χ0) is 12.8. The average Bonchev–Trinajstić information content (AvgIpc) is 2.69. The van der Waals surface area contributed by atoms with E-state index in [1.807, 2.05) is 18.2 Å². The van der Waals surface area contributed by atoms with E-state index in [0.29, 0.717) is 0 Å². The third-order valence-corrected chi connectivity index (χ3v) is 4.06. The van der Waals surface area contributed by atoms with Gasteiger partial charge in [-0.15, -0.1) is 0 Å². The van der Waals surface area contributed by atoms with Gasteiger partial charge in [0.15, 0.2) is 0 Å². The fourth-order valence-electron chi connectivity index (χ4n) is 2.84. The second-order valence-corrected chi connectivity index (χ2v) is 5.38. The molecule has 1 aromatic carbocycles. The Hall–Kier alpha value is -1.08. The van der Waals surface area contributed by atoms with E-state index in [0.717, 1.165) is 25.7 Å². The summed E-state index contributed by atoms with van der Waals surface area (Å²) in [6, 6.07) is 10.3. The molecular formula is C17H24O. The molecule has 1 aromatic rings. The van der Waals surface area contributed by atoms with Crippen LogP contribution >= 0.6 is 0 Å². The molecule has 0 aromatic heterocycles. The van der Waals surface area contributed by atoms with Crippen molar-refractivity contribution in [1.82, 2.24) is 0 Å². The Morgan fingerprint density at radius 2 is 1.89 bits per heavy atom. The number of benzene rings is 1. The molecule has 0 saturated heterocycles. The van der Waals surface area contributed by atoms with Crippen molar-refractivity contribution in [2.24, 2.45) is 0 Å². The molecule has 1 atom stereocenters. The van der Waals surface area contributed by atoms with Crippen molar-refractivity contribution in [2.75, 3.05) is 0 Å². The van der Waals surface area contributed by atoms with Gasteiger partial charge < -0.3 is 5.11 Å². The molecule has 98 valence electrons. The minimum atomic E-state index is -0.633. The fourth-order valence-corrected chi connectivity index (χ4v) is 2.84. The zero-order valence-corrected chi connectivity index (χ0v) is 11.4. The molecule has 1 aliphatic carbocycles. The van der Waals surface area contributed by atoms with Crippen molar-refractivity contribution in [3.05, 3.63) is 47.5 Å². The highest BCUT2D eigenvalue weighted by molar-refractivity contribution is 5.25. The third kappa shape index (κ3) is 3.23. The molecule has 0 fully saturated rings. The van der Waals surface area contributed by atoms with E-state index in [1.165, 1.54) is 30.4 Å². The number of hydrogen-bond acceptors (Lipinski definition) is 1. The van der Waals surface area contributed by atoms with Gasteiger partial charge in [0.2, 0.25) is 0 Å². The minimum absolute atomic E-state index is 0.633. The standard InChI is InChI=1S/C17H24O/c1-2-17(18,14-15-10-6-5-7-11-15)16-12-8-3-4-9-13-16/h5-7,10-12,18H,2-4,8-9,13-14H2,1H3. The van der Waals surface area contributed by atoms with E-state index in [4.69, 9.17) is 0 Å². The summed E-state index contributed by atoms with van der Waals surface area (Å²) in [5.41, 5.74) is 1.87. The van der Waals surface area contributed by atoms with Crippen LogP contribution in [0.4, 0.5) is 0 Å². The Morgan fingerprint density at radius 1 is 1.11 bits per heavy atom. The van der Waals surface area contributed by atoms with Crippen LogP contribution in [0.5, 0.6) is 0 Å². The summed E-state index contributed by atoms with van der Waals surface area (Å²) < 4.78 is 0. The maximum absolute atomic E-state index is 11.0. The van der Waals surface area contributed by atoms with E-state index >= 15 is 0 Å². The van der Waals surface area contributed by atoms with Crippen molar-refractivity contribution in [3.63, 3.8) is 0 Å². The van der Waals surface area contributed by atoms with Crippen LogP contribution in [-0.4, -0.2) is 10.7 Å². The predicted octanol–water partition coefficient (Wildman–Crippen LogP) is 4.26. The van der Waals surface area contributed by atoms with Crippen molar-refractivity contribution >= 4 is 0 Å². The second-order valence-electron chi connectivity index (χ2n) is 5.38. The first kappa shape index (κ1) is 13.4. The van der Waals surface area contributed by atoms with Crippen LogP contribution < -0.4 is 0 Å². The fraction of sp³-hybridized carbons (Fsp3) is 0.529. The Labute approximate surface area is 111 Å². The SMILES string of the molecule is CCC(O)(Cc1ccccc1)C1=CCCCCC1. The summed E-state index contributed by atoms with van der Waals surface area (Å²) >= 11 is 0. The van der Waals surface area contributed by atoms with Crippen LogP contribution in [0.2, 0.25) is 0 Å². The van der Waals surface area contributed by atoms with E-state index in [1.54, 1.807) is 0 Å². The lowest BCUT2D eigenvalue weighted by molar-refractivity contribution is 0.0706. The van der Waals surface area contributed by atoms with Gasteiger partial charge in [-0.2, -0.15) is 0 Å². The van der Waals surface area contributed by atoms with E-state index in [-0.39, 0.29) is 0 Å². The average molecular weight is 244 g/mol. The van der Waals surface area contributed by atoms with Crippen LogP contribution in [0.3, 0.4) is 0 Å². The van der Waals surface area contributed by atoms with Crippen LogP contribution in [-0.2, 0) is 6.42 Å². The second kappa shape index (κ2) is 6.19. The molecule has 0 heterocycles. The monoisotopic (exact) mass is 244 g/mol. The molecule has 18 heavy (non-hydrogen) atoms. The van der Waals surface area contributed by atoms with Crippen molar-refractivity contribution in [3.8, 4) is 0 Å². The summed E-state index contributed by atoms with van der Waals surface area (Å²) in [5, 5.41) is 11.0. The number of allylic oxidation sites excluding steroid dienone is 1.